The summed E-state index contributed by atoms with van der Waals surface area (Å²) < 4.78 is 33.1. The number of nitrogens with zero attached hydrogens (tertiary/aromatic N) is 1. The highest BCUT2D eigenvalue weighted by atomic mass is 32.2. The molecule has 2 atom stereocenters. The minimum atomic E-state index is -3.74. The van der Waals surface area contributed by atoms with Gasteiger partial charge in [0.25, 0.3) is 5.91 Å². The van der Waals surface area contributed by atoms with Crippen LogP contribution in [0.2, 0.25) is 0 Å². The monoisotopic (exact) mass is 445 g/mol. The number of nitrogens with one attached hydrogen (secondary N) is 2. The van der Waals surface area contributed by atoms with E-state index in [1.54, 1.807) is 43.3 Å². The number of hydrogen-bond donors (Lipinski definition) is 2. The van der Waals surface area contributed by atoms with Gasteiger partial charge in [-0.15, -0.1) is 0 Å². The number of sulfonamides is 1. The molecule has 0 aromatic heterocycles. The largest absolute Gasteiger partial charge is 0.373 e. The van der Waals surface area contributed by atoms with E-state index in [4.69, 9.17) is 4.74 Å². The van der Waals surface area contributed by atoms with Crippen LogP contribution >= 0.6 is 0 Å². The van der Waals surface area contributed by atoms with Crippen molar-refractivity contribution in [1.29, 1.82) is 0 Å². The summed E-state index contributed by atoms with van der Waals surface area (Å²) in [5, 5.41) is 5.48. The fourth-order valence-corrected chi connectivity index (χ4v) is 5.00. The number of amides is 2. The van der Waals surface area contributed by atoms with Gasteiger partial charge in [0.2, 0.25) is 15.9 Å². The van der Waals surface area contributed by atoms with Crippen molar-refractivity contribution in [3.05, 3.63) is 54.1 Å². The van der Waals surface area contributed by atoms with Crippen molar-refractivity contribution >= 4 is 33.2 Å². The van der Waals surface area contributed by atoms with Gasteiger partial charge < -0.3 is 15.4 Å². The Morgan fingerprint density at radius 2 is 1.58 bits per heavy atom. The average molecular weight is 446 g/mol. The molecule has 0 spiro atoms. The van der Waals surface area contributed by atoms with E-state index >= 15 is 0 Å². The third-order valence-electron chi connectivity index (χ3n) is 4.87. The van der Waals surface area contributed by atoms with Crippen molar-refractivity contribution < 1.29 is 22.7 Å². The lowest BCUT2D eigenvalue weighted by molar-refractivity contribution is -0.115. The molecule has 2 N–H and O–H groups in total. The van der Waals surface area contributed by atoms with Crippen LogP contribution in [0.5, 0.6) is 0 Å². The van der Waals surface area contributed by atoms with Gasteiger partial charge in [0.1, 0.15) is 0 Å². The molecule has 1 aliphatic rings. The summed E-state index contributed by atoms with van der Waals surface area (Å²) in [6.45, 7) is 5.97. The summed E-state index contributed by atoms with van der Waals surface area (Å²) in [7, 11) is -3.74. The minimum absolute atomic E-state index is 0.0686. The van der Waals surface area contributed by atoms with Gasteiger partial charge in [0, 0.05) is 36.4 Å². The Morgan fingerprint density at radius 3 is 2.16 bits per heavy atom. The van der Waals surface area contributed by atoms with Gasteiger partial charge in [0.15, 0.2) is 0 Å². The molecule has 9 heteroatoms. The van der Waals surface area contributed by atoms with Crippen LogP contribution in [0.25, 0.3) is 0 Å². The quantitative estimate of drug-likeness (QED) is 0.711. The molecule has 2 amide bonds. The molecule has 1 fully saturated rings. The summed E-state index contributed by atoms with van der Waals surface area (Å²) in [6.07, 6.45) is -0.0230. The van der Waals surface area contributed by atoms with Crippen molar-refractivity contribution in [2.24, 2.45) is 0 Å². The molecule has 0 aliphatic carbocycles. The first-order valence-corrected chi connectivity index (χ1v) is 11.6. The van der Waals surface area contributed by atoms with E-state index in [-0.39, 0.29) is 41.7 Å². The van der Waals surface area contributed by atoms with Crippen LogP contribution in [0, 0.1) is 0 Å². The molecule has 2 unspecified atom stereocenters. The highest BCUT2D eigenvalue weighted by Crippen LogP contribution is 2.22. The van der Waals surface area contributed by atoms with Gasteiger partial charge in [-0.05, 0) is 56.3 Å². The molecular formula is C22H27N3O5S. The number of carbonyl (C=O) groups is 2. The Hall–Kier alpha value is -2.75. The number of rotatable bonds is 6. The van der Waals surface area contributed by atoms with Crippen LogP contribution in [-0.4, -0.2) is 49.8 Å². The second-order valence-corrected chi connectivity index (χ2v) is 9.48. The SMILES string of the molecule is CCC(=O)Nc1ccc(NC(=O)c2cccc(S(=O)(=O)N3CC(C)OC(C)C3)c2)cc1. The van der Waals surface area contributed by atoms with Crippen molar-refractivity contribution in [3.8, 4) is 0 Å². The summed E-state index contributed by atoms with van der Waals surface area (Å²) in [4.78, 5) is 24.2. The first-order valence-electron chi connectivity index (χ1n) is 10.2. The zero-order valence-electron chi connectivity index (χ0n) is 17.8. The zero-order chi connectivity index (χ0) is 22.6. The van der Waals surface area contributed by atoms with E-state index in [1.807, 2.05) is 13.8 Å². The van der Waals surface area contributed by atoms with Crippen LogP contribution in [-0.2, 0) is 19.6 Å². The Kier molecular flexibility index (Phi) is 7.09. The molecule has 166 valence electrons. The molecule has 0 radical (unpaired) electrons. The maximum atomic E-state index is 13.1. The first-order chi connectivity index (χ1) is 14.7. The summed E-state index contributed by atoms with van der Waals surface area (Å²) >= 11 is 0. The smallest absolute Gasteiger partial charge is 0.255 e. The minimum Gasteiger partial charge on any atom is -0.373 e. The van der Waals surface area contributed by atoms with Crippen molar-refractivity contribution in [2.45, 2.75) is 44.3 Å². The topological polar surface area (TPSA) is 105 Å². The van der Waals surface area contributed by atoms with E-state index < -0.39 is 15.9 Å². The number of benzene rings is 2. The predicted octanol–water partition coefficient (Wildman–Crippen LogP) is 3.09. The Morgan fingerprint density at radius 1 is 1.00 bits per heavy atom. The highest BCUT2D eigenvalue weighted by Gasteiger charge is 2.32. The first kappa shape index (κ1) is 22.9. The molecule has 0 bridgehead atoms. The average Bonchev–Trinajstić information content (AvgIpc) is 2.74. The van der Waals surface area contributed by atoms with Gasteiger partial charge in [-0.3, -0.25) is 9.59 Å². The van der Waals surface area contributed by atoms with E-state index in [1.165, 1.54) is 16.4 Å². The van der Waals surface area contributed by atoms with Crippen LogP contribution in [0.1, 0.15) is 37.6 Å². The number of carbonyl (C=O) groups excluding carboxylic acids is 2. The Balaban J connectivity index is 1.73. The number of anilines is 2. The Labute approximate surface area is 182 Å². The predicted molar refractivity (Wildman–Crippen MR) is 119 cm³/mol. The second kappa shape index (κ2) is 9.59. The van der Waals surface area contributed by atoms with Crippen molar-refractivity contribution in [1.82, 2.24) is 4.31 Å². The summed E-state index contributed by atoms with van der Waals surface area (Å²) in [5.74, 6) is -0.523. The molecular weight excluding hydrogens is 418 g/mol. The Bertz CT molecular complexity index is 1040. The van der Waals surface area contributed by atoms with Crippen molar-refractivity contribution in [3.63, 3.8) is 0 Å². The lowest BCUT2D eigenvalue weighted by Gasteiger charge is -2.34. The molecule has 8 nitrogen and oxygen atoms in total. The van der Waals surface area contributed by atoms with E-state index in [0.717, 1.165) is 0 Å². The van der Waals surface area contributed by atoms with Gasteiger partial charge >= 0.3 is 0 Å². The lowest BCUT2D eigenvalue weighted by Crippen LogP contribution is -2.48. The normalized spacial score (nSPS) is 19.6. The van der Waals surface area contributed by atoms with Gasteiger partial charge in [-0.2, -0.15) is 4.31 Å². The molecule has 31 heavy (non-hydrogen) atoms. The van der Waals surface area contributed by atoms with Crippen LogP contribution in [0.3, 0.4) is 0 Å². The fraction of sp³-hybridized carbons (Fsp3) is 0.364. The summed E-state index contributed by atoms with van der Waals surface area (Å²) in [6, 6.07) is 12.7. The molecule has 2 aromatic rings. The summed E-state index contributed by atoms with van der Waals surface area (Å²) in [5.41, 5.74) is 1.40. The maximum Gasteiger partial charge on any atom is 0.255 e. The van der Waals surface area contributed by atoms with Crippen molar-refractivity contribution in [2.75, 3.05) is 23.7 Å². The molecule has 0 saturated carbocycles. The maximum absolute atomic E-state index is 13.1. The van der Waals surface area contributed by atoms with Gasteiger partial charge in [-0.1, -0.05) is 13.0 Å². The fourth-order valence-electron chi connectivity index (χ4n) is 3.36. The number of ether oxygens (including phenoxy) is 1. The number of morpholine rings is 1. The van der Waals surface area contributed by atoms with Gasteiger partial charge in [-0.25, -0.2) is 8.42 Å². The number of hydrogen-bond acceptors (Lipinski definition) is 5. The highest BCUT2D eigenvalue weighted by molar-refractivity contribution is 7.89. The van der Waals surface area contributed by atoms with Crippen LogP contribution in [0.4, 0.5) is 11.4 Å². The van der Waals surface area contributed by atoms with E-state index in [0.29, 0.717) is 17.8 Å². The van der Waals surface area contributed by atoms with Gasteiger partial charge in [0.05, 0.1) is 17.1 Å². The van der Waals surface area contributed by atoms with E-state index in [9.17, 15) is 18.0 Å². The van der Waals surface area contributed by atoms with Crippen LogP contribution < -0.4 is 10.6 Å². The molecule has 1 heterocycles. The van der Waals surface area contributed by atoms with E-state index in [2.05, 4.69) is 10.6 Å². The molecule has 1 aliphatic heterocycles. The second-order valence-electron chi connectivity index (χ2n) is 7.54. The lowest BCUT2D eigenvalue weighted by atomic mass is 10.2. The van der Waals surface area contributed by atoms with Crippen LogP contribution in [0.15, 0.2) is 53.4 Å². The standard InChI is InChI=1S/C22H27N3O5S/c1-4-21(26)23-18-8-10-19(11-9-18)24-22(27)17-6-5-7-20(12-17)31(28,29)25-13-15(2)30-16(3)14-25/h5-12,15-16H,4,13-14H2,1-3H3,(H,23,26)(H,24,27). The molecule has 2 aromatic carbocycles. The third kappa shape index (κ3) is 5.69. The molecule has 3 rings (SSSR count). The zero-order valence-corrected chi connectivity index (χ0v) is 18.6. The third-order valence-corrected chi connectivity index (χ3v) is 6.70. The molecule has 1 saturated heterocycles.